The maximum atomic E-state index is 12.5. The van der Waals surface area contributed by atoms with Crippen molar-refractivity contribution in [2.75, 3.05) is 0 Å². The molecule has 0 unspecified atom stereocenters. The Balaban J connectivity index is 1.82. The predicted octanol–water partition coefficient (Wildman–Crippen LogP) is 4.94. The number of aromatic hydroxyl groups is 1. The van der Waals surface area contributed by atoms with Gasteiger partial charge in [-0.05, 0) is 53.2 Å². The van der Waals surface area contributed by atoms with Crippen LogP contribution in [-0.2, 0) is 11.3 Å². The number of phenols is 1. The molecule has 0 bridgehead atoms. The van der Waals surface area contributed by atoms with E-state index in [9.17, 15) is 14.7 Å². The number of carbonyl (C=O) groups is 2. The molecular formula is C17H11Cl2NO3S. The lowest BCUT2D eigenvalue weighted by molar-refractivity contribution is -0.123. The molecule has 0 aliphatic carbocycles. The number of rotatable bonds is 3. The smallest absolute Gasteiger partial charge is 0.293 e. The summed E-state index contributed by atoms with van der Waals surface area (Å²) >= 11 is 12.8. The minimum Gasteiger partial charge on any atom is -0.508 e. The summed E-state index contributed by atoms with van der Waals surface area (Å²) < 4.78 is 0. The highest BCUT2D eigenvalue weighted by atomic mass is 35.5. The molecule has 2 amide bonds. The standard InChI is InChI=1S/C17H11Cl2NO3S/c18-12-4-3-11(14(19)8-12)9-20-16(22)15(24-17(20)23)7-10-1-5-13(21)6-2-10/h1-8,21H,9H2/b15-7+. The average molecular weight is 380 g/mol. The van der Waals surface area contributed by atoms with Gasteiger partial charge in [-0.25, -0.2) is 0 Å². The number of carbonyl (C=O) groups excluding carboxylic acids is 2. The molecule has 3 rings (SSSR count). The predicted molar refractivity (Wildman–Crippen MR) is 96.1 cm³/mol. The number of nitrogens with zero attached hydrogens (tertiary/aromatic N) is 1. The summed E-state index contributed by atoms with van der Waals surface area (Å²) in [6.45, 7) is 0.0909. The number of thioether (sulfide) groups is 1. The van der Waals surface area contributed by atoms with E-state index in [2.05, 4.69) is 0 Å². The molecule has 2 aromatic rings. The van der Waals surface area contributed by atoms with E-state index in [1.807, 2.05) is 0 Å². The van der Waals surface area contributed by atoms with Gasteiger partial charge in [0.1, 0.15) is 5.75 Å². The number of phenolic OH excluding ortho intramolecular Hbond substituents is 1. The van der Waals surface area contributed by atoms with Crippen molar-refractivity contribution in [1.29, 1.82) is 0 Å². The molecule has 1 fully saturated rings. The third-order valence-electron chi connectivity index (χ3n) is 3.41. The molecule has 1 saturated heterocycles. The molecule has 0 spiro atoms. The number of halogens is 2. The third kappa shape index (κ3) is 3.59. The van der Waals surface area contributed by atoms with Crippen molar-refractivity contribution in [2.45, 2.75) is 6.54 Å². The van der Waals surface area contributed by atoms with Crippen LogP contribution < -0.4 is 0 Å². The van der Waals surface area contributed by atoms with Crippen molar-refractivity contribution in [3.8, 4) is 5.75 Å². The zero-order chi connectivity index (χ0) is 17.3. The van der Waals surface area contributed by atoms with E-state index in [1.165, 1.54) is 12.1 Å². The van der Waals surface area contributed by atoms with E-state index in [0.717, 1.165) is 22.2 Å². The summed E-state index contributed by atoms with van der Waals surface area (Å²) in [7, 11) is 0. The molecule has 0 saturated carbocycles. The number of imide groups is 1. The molecule has 122 valence electrons. The molecule has 1 aliphatic heterocycles. The van der Waals surface area contributed by atoms with Gasteiger partial charge in [0.15, 0.2) is 0 Å². The van der Waals surface area contributed by atoms with Gasteiger partial charge in [-0.1, -0.05) is 41.4 Å². The van der Waals surface area contributed by atoms with E-state index in [4.69, 9.17) is 23.2 Å². The van der Waals surface area contributed by atoms with Crippen LogP contribution in [0.3, 0.4) is 0 Å². The van der Waals surface area contributed by atoms with Crippen LogP contribution in [0.5, 0.6) is 5.75 Å². The van der Waals surface area contributed by atoms with Crippen molar-refractivity contribution in [2.24, 2.45) is 0 Å². The Kier molecular flexibility index (Phi) is 4.85. The molecule has 24 heavy (non-hydrogen) atoms. The van der Waals surface area contributed by atoms with Gasteiger partial charge in [-0.2, -0.15) is 0 Å². The molecule has 0 aromatic heterocycles. The van der Waals surface area contributed by atoms with Crippen LogP contribution in [0.15, 0.2) is 47.4 Å². The fourth-order valence-corrected chi connectivity index (χ4v) is 3.49. The van der Waals surface area contributed by atoms with Gasteiger partial charge in [-0.15, -0.1) is 0 Å². The van der Waals surface area contributed by atoms with Gasteiger partial charge in [0.05, 0.1) is 11.4 Å². The molecular weight excluding hydrogens is 369 g/mol. The Labute approximate surface area is 152 Å². The molecule has 1 aliphatic rings. The van der Waals surface area contributed by atoms with Gasteiger partial charge >= 0.3 is 0 Å². The van der Waals surface area contributed by atoms with Crippen LogP contribution in [-0.4, -0.2) is 21.2 Å². The first-order valence-corrected chi connectivity index (χ1v) is 8.49. The van der Waals surface area contributed by atoms with Gasteiger partial charge in [-0.3, -0.25) is 14.5 Å². The molecule has 4 nitrogen and oxygen atoms in total. The van der Waals surface area contributed by atoms with Crippen molar-refractivity contribution in [3.05, 3.63) is 68.5 Å². The van der Waals surface area contributed by atoms with Gasteiger partial charge in [0, 0.05) is 10.0 Å². The number of amides is 2. The first-order valence-electron chi connectivity index (χ1n) is 6.92. The van der Waals surface area contributed by atoms with E-state index in [0.29, 0.717) is 20.5 Å². The Hall–Kier alpha value is -1.95. The fourth-order valence-electron chi connectivity index (χ4n) is 2.18. The quantitative estimate of drug-likeness (QED) is 0.767. The second-order valence-corrected chi connectivity index (χ2v) is 6.93. The van der Waals surface area contributed by atoms with Crippen LogP contribution in [0.1, 0.15) is 11.1 Å². The highest BCUT2D eigenvalue weighted by Gasteiger charge is 2.35. The Bertz CT molecular complexity index is 849. The topological polar surface area (TPSA) is 57.6 Å². The summed E-state index contributed by atoms with van der Waals surface area (Å²) in [6, 6.07) is 11.3. The fraction of sp³-hybridized carbons (Fsp3) is 0.0588. The highest BCUT2D eigenvalue weighted by molar-refractivity contribution is 8.18. The van der Waals surface area contributed by atoms with Gasteiger partial charge in [0.25, 0.3) is 11.1 Å². The van der Waals surface area contributed by atoms with Crippen molar-refractivity contribution >= 4 is 52.2 Å². The number of benzene rings is 2. The van der Waals surface area contributed by atoms with Crippen LogP contribution in [0.25, 0.3) is 6.08 Å². The second-order valence-electron chi connectivity index (χ2n) is 5.10. The van der Waals surface area contributed by atoms with Crippen LogP contribution in [0.2, 0.25) is 10.0 Å². The summed E-state index contributed by atoms with van der Waals surface area (Å²) in [6.07, 6.45) is 1.62. The summed E-state index contributed by atoms with van der Waals surface area (Å²) in [5.41, 5.74) is 1.37. The van der Waals surface area contributed by atoms with Gasteiger partial charge in [0.2, 0.25) is 0 Å². The Morgan fingerprint density at radius 3 is 2.46 bits per heavy atom. The third-order valence-corrected chi connectivity index (χ3v) is 4.90. The van der Waals surface area contributed by atoms with E-state index in [-0.39, 0.29) is 23.4 Å². The Morgan fingerprint density at radius 1 is 1.08 bits per heavy atom. The van der Waals surface area contributed by atoms with Crippen LogP contribution >= 0.6 is 35.0 Å². The zero-order valence-electron chi connectivity index (χ0n) is 12.2. The maximum Gasteiger partial charge on any atom is 0.293 e. The minimum atomic E-state index is -0.371. The molecule has 7 heteroatoms. The molecule has 1 heterocycles. The monoisotopic (exact) mass is 379 g/mol. The van der Waals surface area contributed by atoms with Crippen LogP contribution in [0.4, 0.5) is 4.79 Å². The van der Waals surface area contributed by atoms with Crippen molar-refractivity contribution in [3.63, 3.8) is 0 Å². The molecule has 0 radical (unpaired) electrons. The lowest BCUT2D eigenvalue weighted by Gasteiger charge is -2.13. The minimum absolute atomic E-state index is 0.0909. The largest absolute Gasteiger partial charge is 0.508 e. The Morgan fingerprint density at radius 2 is 1.79 bits per heavy atom. The summed E-state index contributed by atoms with van der Waals surface area (Å²) in [5, 5.41) is 9.83. The van der Waals surface area contributed by atoms with Crippen molar-refractivity contribution < 1.29 is 14.7 Å². The molecule has 0 atom stereocenters. The normalized spacial score (nSPS) is 16.2. The lowest BCUT2D eigenvalue weighted by atomic mass is 10.2. The second kappa shape index (κ2) is 6.89. The number of hydrogen-bond donors (Lipinski definition) is 1. The first-order chi connectivity index (χ1) is 11.4. The highest BCUT2D eigenvalue weighted by Crippen LogP contribution is 2.34. The molecule has 1 N–H and O–H groups in total. The zero-order valence-corrected chi connectivity index (χ0v) is 14.5. The van der Waals surface area contributed by atoms with Crippen LogP contribution in [0, 0.1) is 0 Å². The summed E-state index contributed by atoms with van der Waals surface area (Å²) in [4.78, 5) is 26.1. The van der Waals surface area contributed by atoms with E-state index >= 15 is 0 Å². The summed E-state index contributed by atoms with van der Waals surface area (Å²) in [5.74, 6) is -0.235. The maximum absolute atomic E-state index is 12.5. The van der Waals surface area contributed by atoms with Gasteiger partial charge < -0.3 is 5.11 Å². The SMILES string of the molecule is O=C1S/C(=C/c2ccc(O)cc2)C(=O)N1Cc1ccc(Cl)cc1Cl. The molecule has 2 aromatic carbocycles. The average Bonchev–Trinajstić information content (AvgIpc) is 2.79. The number of hydrogen-bond acceptors (Lipinski definition) is 4. The van der Waals surface area contributed by atoms with Crippen molar-refractivity contribution in [1.82, 2.24) is 4.90 Å². The lowest BCUT2D eigenvalue weighted by Crippen LogP contribution is -2.27. The van der Waals surface area contributed by atoms with E-state index in [1.54, 1.807) is 36.4 Å². The van der Waals surface area contributed by atoms with E-state index < -0.39 is 0 Å². The first kappa shape index (κ1) is 16.9.